The number of hydrogen-bond acceptors (Lipinski definition) is 3. The zero-order valence-electron chi connectivity index (χ0n) is 11.5. The summed E-state index contributed by atoms with van der Waals surface area (Å²) in [5.41, 5.74) is 6.38. The summed E-state index contributed by atoms with van der Waals surface area (Å²) in [4.78, 5) is 2.75. The van der Waals surface area contributed by atoms with E-state index in [1.54, 1.807) is 0 Å². The zero-order valence-corrected chi connectivity index (χ0v) is 11.5. The van der Waals surface area contributed by atoms with Crippen molar-refractivity contribution in [3.05, 3.63) is 0 Å². The van der Waals surface area contributed by atoms with E-state index in [-0.39, 0.29) is 5.54 Å². The van der Waals surface area contributed by atoms with Crippen LogP contribution in [0.4, 0.5) is 0 Å². The molecule has 3 unspecified atom stereocenters. The van der Waals surface area contributed by atoms with Crippen molar-refractivity contribution in [2.75, 3.05) is 19.8 Å². The van der Waals surface area contributed by atoms with Crippen LogP contribution in [0.25, 0.3) is 0 Å². The highest BCUT2D eigenvalue weighted by molar-refractivity contribution is 5.00. The maximum absolute atomic E-state index is 6.17. The molecule has 0 spiro atoms. The van der Waals surface area contributed by atoms with Crippen LogP contribution in [0.3, 0.4) is 0 Å². The van der Waals surface area contributed by atoms with Crippen LogP contribution in [0.2, 0.25) is 0 Å². The molecule has 17 heavy (non-hydrogen) atoms. The molecule has 0 aliphatic carbocycles. The molecule has 0 radical (unpaired) electrons. The number of nitrogens with two attached hydrogens (primary N) is 1. The van der Waals surface area contributed by atoms with Crippen LogP contribution in [-0.2, 0) is 4.74 Å². The number of ether oxygens (including phenoxy) is 1. The second-order valence-electron chi connectivity index (χ2n) is 5.79. The quantitative estimate of drug-likeness (QED) is 0.821. The van der Waals surface area contributed by atoms with Crippen molar-refractivity contribution in [3.8, 4) is 0 Å². The molecular formula is C14H28N2O. The predicted octanol–water partition coefficient (Wildman–Crippen LogP) is 2.15. The summed E-state index contributed by atoms with van der Waals surface area (Å²) in [5.74, 6) is 0. The van der Waals surface area contributed by atoms with Crippen molar-refractivity contribution in [2.45, 2.75) is 70.0 Å². The maximum atomic E-state index is 6.17. The summed E-state index contributed by atoms with van der Waals surface area (Å²) >= 11 is 0. The van der Waals surface area contributed by atoms with E-state index in [0.29, 0.717) is 6.04 Å². The predicted molar refractivity (Wildman–Crippen MR) is 71.1 cm³/mol. The lowest BCUT2D eigenvalue weighted by Gasteiger charge is -2.46. The highest BCUT2D eigenvalue weighted by Gasteiger charge is 2.44. The summed E-state index contributed by atoms with van der Waals surface area (Å²) in [5, 5.41) is 0. The van der Waals surface area contributed by atoms with Crippen molar-refractivity contribution in [1.29, 1.82) is 0 Å². The smallest absolute Gasteiger partial charge is 0.0484 e. The third kappa shape index (κ3) is 2.51. The average molecular weight is 240 g/mol. The highest BCUT2D eigenvalue weighted by atomic mass is 16.5. The maximum Gasteiger partial charge on any atom is 0.0484 e. The van der Waals surface area contributed by atoms with Crippen LogP contribution in [0.15, 0.2) is 0 Å². The van der Waals surface area contributed by atoms with Gasteiger partial charge < -0.3 is 10.5 Å². The molecule has 2 saturated heterocycles. The fourth-order valence-electron chi connectivity index (χ4n) is 3.89. The van der Waals surface area contributed by atoms with Crippen molar-refractivity contribution in [3.63, 3.8) is 0 Å². The highest BCUT2D eigenvalue weighted by Crippen LogP contribution is 2.38. The van der Waals surface area contributed by atoms with Crippen molar-refractivity contribution in [2.24, 2.45) is 5.73 Å². The fourth-order valence-corrected chi connectivity index (χ4v) is 3.89. The Labute approximate surface area is 106 Å². The molecule has 2 aliphatic heterocycles. The minimum atomic E-state index is 0.215. The van der Waals surface area contributed by atoms with Gasteiger partial charge in [0.1, 0.15) is 0 Å². The van der Waals surface area contributed by atoms with E-state index in [1.165, 1.54) is 25.7 Å². The lowest BCUT2D eigenvalue weighted by Crippen LogP contribution is -2.58. The van der Waals surface area contributed by atoms with E-state index in [1.807, 2.05) is 0 Å². The monoisotopic (exact) mass is 240 g/mol. The SMILES string of the molecule is CCC1CCC(C)N1C1(CN)CCCOCC1. The van der Waals surface area contributed by atoms with Crippen molar-refractivity contribution >= 4 is 0 Å². The van der Waals surface area contributed by atoms with Gasteiger partial charge in [-0.2, -0.15) is 0 Å². The molecule has 3 atom stereocenters. The summed E-state index contributed by atoms with van der Waals surface area (Å²) in [6, 6.07) is 1.44. The average Bonchev–Trinajstić information content (AvgIpc) is 2.59. The van der Waals surface area contributed by atoms with Crippen LogP contribution in [0.1, 0.15) is 52.4 Å². The normalized spacial score (nSPS) is 40.4. The molecule has 0 aromatic carbocycles. The molecule has 0 saturated carbocycles. The first-order chi connectivity index (χ1) is 8.23. The van der Waals surface area contributed by atoms with Gasteiger partial charge in [-0.1, -0.05) is 6.92 Å². The Morgan fingerprint density at radius 3 is 2.82 bits per heavy atom. The Bertz CT molecular complexity index is 236. The summed E-state index contributed by atoms with van der Waals surface area (Å²) < 4.78 is 5.63. The van der Waals surface area contributed by atoms with E-state index < -0.39 is 0 Å². The Morgan fingerprint density at radius 1 is 1.29 bits per heavy atom. The van der Waals surface area contributed by atoms with Gasteiger partial charge >= 0.3 is 0 Å². The minimum Gasteiger partial charge on any atom is -0.381 e. The van der Waals surface area contributed by atoms with E-state index in [2.05, 4.69) is 18.7 Å². The largest absolute Gasteiger partial charge is 0.381 e. The first-order valence-corrected chi connectivity index (χ1v) is 7.30. The van der Waals surface area contributed by atoms with Gasteiger partial charge in [0.25, 0.3) is 0 Å². The Hall–Kier alpha value is -0.120. The minimum absolute atomic E-state index is 0.215. The number of hydrogen-bond donors (Lipinski definition) is 1. The van der Waals surface area contributed by atoms with Crippen LogP contribution in [0.5, 0.6) is 0 Å². The van der Waals surface area contributed by atoms with Crippen LogP contribution < -0.4 is 5.73 Å². The van der Waals surface area contributed by atoms with Gasteiger partial charge in [-0.15, -0.1) is 0 Å². The molecule has 0 bridgehead atoms. The lowest BCUT2D eigenvalue weighted by atomic mass is 9.86. The molecule has 0 amide bonds. The molecular weight excluding hydrogens is 212 g/mol. The van der Waals surface area contributed by atoms with E-state index in [0.717, 1.165) is 38.6 Å². The van der Waals surface area contributed by atoms with E-state index in [9.17, 15) is 0 Å². The van der Waals surface area contributed by atoms with Gasteiger partial charge in [0.15, 0.2) is 0 Å². The Balaban J connectivity index is 2.19. The molecule has 2 aliphatic rings. The van der Waals surface area contributed by atoms with Crippen molar-refractivity contribution in [1.82, 2.24) is 4.90 Å². The molecule has 2 N–H and O–H groups in total. The van der Waals surface area contributed by atoms with Crippen LogP contribution in [-0.4, -0.2) is 42.3 Å². The second kappa shape index (κ2) is 5.68. The standard InChI is InChI=1S/C14H28N2O/c1-3-13-6-5-12(2)16(13)14(11-15)7-4-9-17-10-8-14/h12-13H,3-11,15H2,1-2H3. The van der Waals surface area contributed by atoms with Gasteiger partial charge in [-0.05, 0) is 45.4 Å². The number of likely N-dealkylation sites (tertiary alicyclic amines) is 1. The summed E-state index contributed by atoms with van der Waals surface area (Å²) in [6.07, 6.45) is 7.43. The molecule has 0 aromatic rings. The lowest BCUT2D eigenvalue weighted by molar-refractivity contribution is 0.0277. The molecule has 2 heterocycles. The summed E-state index contributed by atoms with van der Waals surface area (Å²) in [7, 11) is 0. The Kier molecular flexibility index (Phi) is 4.45. The summed E-state index contributed by atoms with van der Waals surface area (Å²) in [6.45, 7) is 7.28. The van der Waals surface area contributed by atoms with Crippen LogP contribution >= 0.6 is 0 Å². The van der Waals surface area contributed by atoms with Gasteiger partial charge in [0.2, 0.25) is 0 Å². The third-order valence-corrected chi connectivity index (χ3v) is 4.83. The molecule has 0 aromatic heterocycles. The molecule has 3 nitrogen and oxygen atoms in total. The molecule has 3 heteroatoms. The topological polar surface area (TPSA) is 38.5 Å². The van der Waals surface area contributed by atoms with Crippen molar-refractivity contribution < 1.29 is 4.74 Å². The molecule has 2 rings (SSSR count). The second-order valence-corrected chi connectivity index (χ2v) is 5.79. The third-order valence-electron chi connectivity index (χ3n) is 4.83. The zero-order chi connectivity index (χ0) is 12.3. The first-order valence-electron chi connectivity index (χ1n) is 7.30. The Morgan fingerprint density at radius 2 is 2.12 bits per heavy atom. The molecule has 100 valence electrons. The van der Waals surface area contributed by atoms with Gasteiger partial charge in [-0.3, -0.25) is 4.90 Å². The number of nitrogens with zero attached hydrogens (tertiary/aromatic N) is 1. The van der Waals surface area contributed by atoms with E-state index in [4.69, 9.17) is 10.5 Å². The molecule has 2 fully saturated rings. The van der Waals surface area contributed by atoms with Crippen LogP contribution in [0, 0.1) is 0 Å². The van der Waals surface area contributed by atoms with E-state index >= 15 is 0 Å². The van der Waals surface area contributed by atoms with Gasteiger partial charge in [0, 0.05) is 37.4 Å². The van der Waals surface area contributed by atoms with Gasteiger partial charge in [-0.25, -0.2) is 0 Å². The fraction of sp³-hybridized carbons (Fsp3) is 1.00. The van der Waals surface area contributed by atoms with Gasteiger partial charge in [0.05, 0.1) is 0 Å². The first kappa shape index (κ1) is 13.3. The number of rotatable bonds is 3.